The van der Waals surface area contributed by atoms with E-state index in [9.17, 15) is 4.79 Å². The van der Waals surface area contributed by atoms with E-state index in [0.717, 1.165) is 5.56 Å². The van der Waals surface area contributed by atoms with Gasteiger partial charge in [0.05, 0.1) is 25.8 Å². The molecular weight excluding hydrogens is 294 g/mol. The van der Waals surface area contributed by atoms with Crippen LogP contribution in [0.4, 0.5) is 5.69 Å². The number of hydrogen-bond acceptors (Lipinski definition) is 5. The van der Waals surface area contributed by atoms with Crippen molar-refractivity contribution >= 4 is 11.7 Å². The number of nitrogens with two attached hydrogens (primary N) is 1. The fraction of sp³-hybridized carbons (Fsp3) is 0.278. The third-order valence-electron chi connectivity index (χ3n) is 3.62. The fourth-order valence-electron chi connectivity index (χ4n) is 2.33. The molecule has 0 bridgehead atoms. The number of esters is 1. The van der Waals surface area contributed by atoms with Crippen molar-refractivity contribution in [2.45, 2.75) is 19.4 Å². The van der Waals surface area contributed by atoms with Crippen LogP contribution in [0.1, 0.15) is 24.0 Å². The first kappa shape index (κ1) is 16.7. The predicted molar refractivity (Wildman–Crippen MR) is 88.6 cm³/mol. The van der Waals surface area contributed by atoms with E-state index in [-0.39, 0.29) is 5.97 Å². The number of nitrogen functional groups attached to an aromatic ring is 1. The molecule has 0 radical (unpaired) electrons. The van der Waals surface area contributed by atoms with Gasteiger partial charge in [-0.3, -0.25) is 4.79 Å². The second-order valence-corrected chi connectivity index (χ2v) is 5.13. The van der Waals surface area contributed by atoms with Crippen LogP contribution >= 0.6 is 0 Å². The van der Waals surface area contributed by atoms with Crippen LogP contribution in [0.2, 0.25) is 0 Å². The van der Waals surface area contributed by atoms with Gasteiger partial charge in [0.1, 0.15) is 6.61 Å². The van der Waals surface area contributed by atoms with E-state index in [4.69, 9.17) is 19.9 Å². The molecule has 122 valence electrons. The van der Waals surface area contributed by atoms with Gasteiger partial charge in [-0.1, -0.05) is 36.4 Å². The summed E-state index contributed by atoms with van der Waals surface area (Å²) in [6, 6.07) is 13.2. The molecule has 0 unspecified atom stereocenters. The number of benzene rings is 2. The molecule has 0 saturated carbocycles. The summed E-state index contributed by atoms with van der Waals surface area (Å²) in [6.07, 6.45) is 0. The zero-order valence-electron chi connectivity index (χ0n) is 13.5. The van der Waals surface area contributed by atoms with Crippen LogP contribution in [0, 0.1) is 0 Å². The number of ether oxygens (including phenoxy) is 3. The Balaban J connectivity index is 2.37. The van der Waals surface area contributed by atoms with E-state index in [1.165, 1.54) is 14.2 Å². The van der Waals surface area contributed by atoms with Crippen molar-refractivity contribution < 1.29 is 19.0 Å². The number of methoxy groups -OCH3 is 2. The molecule has 23 heavy (non-hydrogen) atoms. The Morgan fingerprint density at radius 1 is 1.09 bits per heavy atom. The highest BCUT2D eigenvalue weighted by Crippen LogP contribution is 2.40. The first-order chi connectivity index (χ1) is 11.1. The molecule has 0 spiro atoms. The largest absolute Gasteiger partial charge is 0.491 e. The lowest BCUT2D eigenvalue weighted by molar-refractivity contribution is -0.142. The number of anilines is 1. The van der Waals surface area contributed by atoms with Crippen molar-refractivity contribution in [1.29, 1.82) is 0 Å². The quantitative estimate of drug-likeness (QED) is 0.655. The van der Waals surface area contributed by atoms with Gasteiger partial charge >= 0.3 is 5.97 Å². The summed E-state index contributed by atoms with van der Waals surface area (Å²) in [6.45, 7) is 2.10. The first-order valence-electron chi connectivity index (χ1n) is 7.29. The van der Waals surface area contributed by atoms with Gasteiger partial charge in [-0.2, -0.15) is 0 Å². The van der Waals surface area contributed by atoms with Crippen LogP contribution in [-0.2, 0) is 16.1 Å². The second-order valence-electron chi connectivity index (χ2n) is 5.13. The highest BCUT2D eigenvalue weighted by molar-refractivity contribution is 5.80. The molecule has 2 aromatic rings. The first-order valence-corrected chi connectivity index (χ1v) is 7.29. The maximum atomic E-state index is 11.9. The summed E-state index contributed by atoms with van der Waals surface area (Å²) < 4.78 is 16.1. The van der Waals surface area contributed by atoms with Crippen molar-refractivity contribution in [2.75, 3.05) is 20.0 Å². The highest BCUT2D eigenvalue weighted by atomic mass is 16.5. The summed E-state index contributed by atoms with van der Waals surface area (Å²) in [5, 5.41) is 0. The third kappa shape index (κ3) is 3.74. The van der Waals surface area contributed by atoms with Crippen LogP contribution < -0.4 is 15.2 Å². The zero-order valence-corrected chi connectivity index (χ0v) is 13.5. The molecule has 0 aliphatic heterocycles. The SMILES string of the molecule is COC(=O)[C@@H](C)c1ccc(N)c(OC)c1OCc1ccccc1. The normalized spacial score (nSPS) is 11.6. The summed E-state index contributed by atoms with van der Waals surface area (Å²) in [7, 11) is 2.88. The Labute approximate surface area is 136 Å². The second kappa shape index (κ2) is 7.54. The Bertz CT molecular complexity index is 670. The molecule has 5 nitrogen and oxygen atoms in total. The van der Waals surface area contributed by atoms with Gasteiger partial charge in [0.15, 0.2) is 11.5 Å². The molecule has 0 aromatic heterocycles. The summed E-state index contributed by atoms with van der Waals surface area (Å²) in [5.74, 6) is 0.0603. The Morgan fingerprint density at radius 2 is 1.78 bits per heavy atom. The van der Waals surface area contributed by atoms with Gasteiger partial charge in [0, 0.05) is 5.56 Å². The molecule has 5 heteroatoms. The van der Waals surface area contributed by atoms with Crippen molar-refractivity contribution in [2.24, 2.45) is 0 Å². The summed E-state index contributed by atoms with van der Waals surface area (Å²) in [4.78, 5) is 11.9. The topological polar surface area (TPSA) is 70.8 Å². The summed E-state index contributed by atoms with van der Waals surface area (Å²) >= 11 is 0. The minimum atomic E-state index is -0.486. The maximum absolute atomic E-state index is 11.9. The molecule has 0 amide bonds. The van der Waals surface area contributed by atoms with Gasteiger partial charge in [-0.15, -0.1) is 0 Å². The Kier molecular flexibility index (Phi) is 5.46. The molecule has 1 atom stereocenters. The Morgan fingerprint density at radius 3 is 2.39 bits per heavy atom. The van der Waals surface area contributed by atoms with E-state index in [2.05, 4.69) is 0 Å². The molecule has 0 heterocycles. The summed E-state index contributed by atoms with van der Waals surface area (Å²) in [5.41, 5.74) is 8.10. The lowest BCUT2D eigenvalue weighted by Gasteiger charge is -2.19. The van der Waals surface area contributed by atoms with Gasteiger partial charge in [-0.25, -0.2) is 0 Å². The molecule has 0 saturated heterocycles. The van der Waals surface area contributed by atoms with E-state index >= 15 is 0 Å². The van der Waals surface area contributed by atoms with Crippen LogP contribution in [0.5, 0.6) is 11.5 Å². The van der Waals surface area contributed by atoms with Crippen molar-refractivity contribution in [3.63, 3.8) is 0 Å². The minimum Gasteiger partial charge on any atom is -0.491 e. The van der Waals surface area contributed by atoms with E-state index in [1.54, 1.807) is 19.1 Å². The molecule has 2 aromatic carbocycles. The smallest absolute Gasteiger partial charge is 0.312 e. The number of carbonyl (C=O) groups is 1. The van der Waals surface area contributed by atoms with E-state index in [1.807, 2.05) is 30.3 Å². The van der Waals surface area contributed by atoms with Gasteiger partial charge < -0.3 is 19.9 Å². The van der Waals surface area contributed by atoms with Crippen molar-refractivity contribution in [1.82, 2.24) is 0 Å². The van der Waals surface area contributed by atoms with Crippen LogP contribution in [-0.4, -0.2) is 20.2 Å². The average Bonchev–Trinajstić information content (AvgIpc) is 2.59. The van der Waals surface area contributed by atoms with Crippen LogP contribution in [0.3, 0.4) is 0 Å². The van der Waals surface area contributed by atoms with E-state index < -0.39 is 5.92 Å². The fourth-order valence-corrected chi connectivity index (χ4v) is 2.33. The van der Waals surface area contributed by atoms with Crippen molar-refractivity contribution in [3.05, 3.63) is 53.6 Å². The predicted octanol–water partition coefficient (Wildman–Crippen LogP) is 3.13. The number of rotatable bonds is 6. The van der Waals surface area contributed by atoms with Gasteiger partial charge in [-0.05, 0) is 18.6 Å². The monoisotopic (exact) mass is 315 g/mol. The number of hydrogen-bond donors (Lipinski definition) is 1. The van der Waals surface area contributed by atoms with Gasteiger partial charge in [0.2, 0.25) is 0 Å². The minimum absolute atomic E-state index is 0.346. The Hall–Kier alpha value is -2.69. The molecule has 0 aliphatic carbocycles. The van der Waals surface area contributed by atoms with Crippen LogP contribution in [0.15, 0.2) is 42.5 Å². The third-order valence-corrected chi connectivity index (χ3v) is 3.62. The molecule has 0 fully saturated rings. The van der Waals surface area contributed by atoms with Crippen molar-refractivity contribution in [3.8, 4) is 11.5 Å². The van der Waals surface area contributed by atoms with Crippen LogP contribution in [0.25, 0.3) is 0 Å². The molecule has 0 aliphatic rings. The molecular formula is C18H21NO4. The standard InChI is InChI=1S/C18H21NO4/c1-12(18(20)22-3)14-9-10-15(19)17(21-2)16(14)23-11-13-7-5-4-6-8-13/h4-10,12H,11,19H2,1-3H3/t12-/m0/s1. The zero-order chi connectivity index (χ0) is 16.8. The number of carbonyl (C=O) groups excluding carboxylic acids is 1. The maximum Gasteiger partial charge on any atom is 0.312 e. The lowest BCUT2D eigenvalue weighted by Crippen LogP contribution is -2.13. The highest BCUT2D eigenvalue weighted by Gasteiger charge is 2.24. The van der Waals surface area contributed by atoms with E-state index in [0.29, 0.717) is 29.4 Å². The molecule has 2 N–H and O–H groups in total. The lowest BCUT2D eigenvalue weighted by atomic mass is 9.99. The molecule has 2 rings (SSSR count). The average molecular weight is 315 g/mol. The van der Waals surface area contributed by atoms with Gasteiger partial charge in [0.25, 0.3) is 0 Å².